The fourth-order valence-electron chi connectivity index (χ4n) is 15.2. The summed E-state index contributed by atoms with van der Waals surface area (Å²) in [5, 5.41) is 30.8. The topological polar surface area (TPSA) is 385 Å². The van der Waals surface area contributed by atoms with Gasteiger partial charge < -0.3 is 95.8 Å². The number of aliphatic hydroxyl groups is 1. The highest BCUT2D eigenvalue weighted by atomic mass is 16.6. The van der Waals surface area contributed by atoms with Crippen LogP contribution in [-0.2, 0) is 82.9 Å². The minimum Gasteiger partial charge on any atom is -0.445 e. The summed E-state index contributed by atoms with van der Waals surface area (Å²) in [5.74, 6) is -4.49. The maximum absolute atomic E-state index is 14.9. The molecule has 12 atom stereocenters. The largest absolute Gasteiger partial charge is 0.445 e. The molecule has 0 aromatic heterocycles. The first kappa shape index (κ1) is 102. The lowest BCUT2D eigenvalue weighted by Gasteiger charge is -2.41. The molecule has 0 bridgehead atoms. The molecule has 30 heteroatoms. The number of nitrogens with zero attached hydrogens (tertiary/aromatic N) is 3. The minimum atomic E-state index is -1.12. The Morgan fingerprint density at radius 1 is 0.564 bits per heavy atom. The molecule has 11 amide bonds. The van der Waals surface area contributed by atoms with E-state index < -0.39 is 120 Å². The fourth-order valence-corrected chi connectivity index (χ4v) is 15.2. The van der Waals surface area contributed by atoms with Gasteiger partial charge in [-0.1, -0.05) is 188 Å². The van der Waals surface area contributed by atoms with E-state index in [1.165, 1.54) is 96.8 Å². The minimum absolute atomic E-state index is 0.0135. The molecule has 10 N–H and O–H groups in total. The van der Waals surface area contributed by atoms with Gasteiger partial charge in [0.25, 0.3) is 0 Å². The number of anilines is 1. The SMILES string of the molecule is CCC(C)[C@@H]([C@@H](CC(=O)N1CCC[C@H]1[C@H](OC)[C@@H](C)C(=O)N[C@H](C)[C@@H](O)c1ccccc1)OC)N(C)C(=O)[C@@H](NC(=O)[C@H](C(C)C)N(C)C(=O)OCc1ccc(NC(=O)[C@H](CCCNC(N)=O)NC(=O)[C@@H](NC(=O)CCOCCOCCOCCOCCOCCC(=O)NCCCCC2CCCCCCCCCC2)C(C)C)cc1)C(C)C. The Kier molecular flexibility index (Phi) is 50.1. The van der Waals surface area contributed by atoms with E-state index >= 15 is 0 Å². The second-order valence-corrected chi connectivity index (χ2v) is 32.5. The molecular formula is C87H147N11O19. The second-order valence-electron chi connectivity index (χ2n) is 32.5. The normalized spacial score (nSPS) is 17.1. The van der Waals surface area contributed by atoms with Crippen LogP contribution < -0.4 is 43.0 Å². The van der Waals surface area contributed by atoms with Crippen LogP contribution in [0.25, 0.3) is 0 Å². The third-order valence-corrected chi connectivity index (χ3v) is 22.3. The Labute approximate surface area is 697 Å². The zero-order valence-electron chi connectivity index (χ0n) is 72.9. The number of rotatable bonds is 55. The van der Waals surface area contributed by atoms with Crippen LogP contribution >= 0.6 is 0 Å². The number of likely N-dealkylation sites (N-methyl/N-ethyl adjacent to an activating group) is 2. The van der Waals surface area contributed by atoms with Gasteiger partial charge in [-0.05, 0) is 91.9 Å². The third kappa shape index (κ3) is 38.1. The maximum Gasteiger partial charge on any atom is 0.410 e. The van der Waals surface area contributed by atoms with Crippen LogP contribution in [0.15, 0.2) is 54.6 Å². The molecule has 2 aliphatic rings. The molecule has 2 aromatic carbocycles. The number of aliphatic hydroxyl groups excluding tert-OH is 1. The molecule has 664 valence electrons. The van der Waals surface area contributed by atoms with Crippen LogP contribution in [0.4, 0.5) is 15.3 Å². The Hall–Kier alpha value is -7.58. The highest BCUT2D eigenvalue weighted by molar-refractivity contribution is 5.98. The molecule has 4 rings (SSSR count). The number of amides is 11. The summed E-state index contributed by atoms with van der Waals surface area (Å²) >= 11 is 0. The summed E-state index contributed by atoms with van der Waals surface area (Å²) in [7, 11) is 6.10. The van der Waals surface area contributed by atoms with Gasteiger partial charge in [0.2, 0.25) is 47.3 Å². The summed E-state index contributed by atoms with van der Waals surface area (Å²) in [6.45, 7) is 22.2. The Morgan fingerprint density at radius 2 is 1.12 bits per heavy atom. The van der Waals surface area contributed by atoms with E-state index in [0.29, 0.717) is 102 Å². The van der Waals surface area contributed by atoms with Crippen molar-refractivity contribution in [2.24, 2.45) is 41.2 Å². The third-order valence-electron chi connectivity index (χ3n) is 22.3. The zero-order chi connectivity index (χ0) is 86.2. The quantitative estimate of drug-likeness (QED) is 0.0278. The van der Waals surface area contributed by atoms with Crippen LogP contribution in [0, 0.1) is 35.5 Å². The summed E-state index contributed by atoms with van der Waals surface area (Å²) in [4.78, 5) is 141. The number of carbonyl (C=O) groups excluding carboxylic acids is 10. The van der Waals surface area contributed by atoms with Gasteiger partial charge in [0.05, 0.1) is 115 Å². The van der Waals surface area contributed by atoms with E-state index in [1.54, 1.807) is 109 Å². The molecule has 117 heavy (non-hydrogen) atoms. The van der Waals surface area contributed by atoms with Gasteiger partial charge in [0, 0.05) is 66.5 Å². The standard InChI is InChI=1S/C87H147N11O19/c1-15-62(8)78(71(110-13)57-74(101)98-46-30-37-70(98)80(111-14)63(9)81(103)91-64(10)79(102)67-34-25-22-26-35-67)96(11)85(107)76(60(4)5)95-84(106)77(61(6)7)97(12)87(109)117-58-66-38-40-68(41-39-66)92-82(104)69(36-29-45-90-86(88)108)93-83(105)75(59(2)3)94-73(100)43-48-113-50-52-115-54-56-116-55-53-114-51-49-112-47-42-72(99)89-44-28-27-33-65-31-23-20-18-16-17-19-21-24-32-65/h22,25-26,34-35,38-41,59-65,69-71,75-80,102H,15-21,23-24,27-33,36-37,42-58H2,1-14H3,(H,89,99)(H,91,103)(H,92,104)(H,93,105)(H,94,100)(H,95,106)(H3,88,90,108)/t62?,63-,64-,69+,70+,71-,75+,76+,77+,78+,79-,80-/m1/s1. The van der Waals surface area contributed by atoms with Gasteiger partial charge in [-0.15, -0.1) is 0 Å². The van der Waals surface area contributed by atoms with Crippen LogP contribution in [0.1, 0.15) is 221 Å². The number of carbonyl (C=O) groups is 10. The predicted octanol–water partition coefficient (Wildman–Crippen LogP) is 9.27. The van der Waals surface area contributed by atoms with Crippen molar-refractivity contribution < 1.29 is 90.9 Å². The summed E-state index contributed by atoms with van der Waals surface area (Å²) in [6, 6.07) is 8.76. The highest BCUT2D eigenvalue weighted by Gasteiger charge is 2.44. The van der Waals surface area contributed by atoms with E-state index in [0.717, 1.165) is 18.8 Å². The number of nitrogens with two attached hydrogens (primary N) is 1. The second kappa shape index (κ2) is 57.6. The molecular weight excluding hydrogens is 1500 g/mol. The Balaban J connectivity index is 1.19. The van der Waals surface area contributed by atoms with E-state index in [4.69, 9.17) is 43.6 Å². The lowest BCUT2D eigenvalue weighted by molar-refractivity contribution is -0.148. The van der Waals surface area contributed by atoms with Crippen LogP contribution in [0.2, 0.25) is 0 Å². The number of unbranched alkanes of at least 4 members (excludes halogenated alkanes) is 1. The first-order valence-corrected chi connectivity index (χ1v) is 43.1. The molecule has 0 radical (unpaired) electrons. The number of urea groups is 1. The summed E-state index contributed by atoms with van der Waals surface area (Å²) in [5.41, 5.74) is 6.82. The maximum atomic E-state index is 14.9. The molecule has 1 aliphatic carbocycles. The molecule has 1 aliphatic heterocycles. The van der Waals surface area contributed by atoms with Crippen LogP contribution in [0.3, 0.4) is 0 Å². The molecule has 1 unspecified atom stereocenters. The van der Waals surface area contributed by atoms with Crippen LogP contribution in [0.5, 0.6) is 0 Å². The summed E-state index contributed by atoms with van der Waals surface area (Å²) < 4.78 is 45.8. The molecule has 2 fully saturated rings. The number of methoxy groups -OCH3 is 2. The van der Waals surface area contributed by atoms with Gasteiger partial charge >= 0.3 is 12.1 Å². The Bertz CT molecular complexity index is 3200. The lowest BCUT2D eigenvalue weighted by Crippen LogP contribution is -2.60. The average Bonchev–Trinajstić information content (AvgIpc) is 1.72. The van der Waals surface area contributed by atoms with E-state index in [-0.39, 0.29) is 88.2 Å². The van der Waals surface area contributed by atoms with Crippen LogP contribution in [-0.4, -0.2) is 248 Å². The number of ether oxygens (including phenoxy) is 8. The first-order valence-electron chi connectivity index (χ1n) is 43.1. The molecule has 1 saturated carbocycles. The number of hydrogen-bond donors (Lipinski definition) is 9. The van der Waals surface area contributed by atoms with Gasteiger partial charge in [0.15, 0.2) is 0 Å². The predicted molar refractivity (Wildman–Crippen MR) is 449 cm³/mol. The smallest absolute Gasteiger partial charge is 0.410 e. The van der Waals surface area contributed by atoms with Crippen molar-refractivity contribution >= 4 is 65.1 Å². The van der Waals surface area contributed by atoms with Crippen molar-refractivity contribution in [2.75, 3.05) is 119 Å². The van der Waals surface area contributed by atoms with Crippen molar-refractivity contribution in [2.45, 2.75) is 271 Å². The molecule has 1 saturated heterocycles. The molecule has 2 aromatic rings. The number of likely N-dealkylation sites (tertiary alicyclic amines) is 1. The number of primary amides is 1. The molecule has 0 spiro atoms. The van der Waals surface area contributed by atoms with Crippen molar-refractivity contribution in [3.05, 3.63) is 65.7 Å². The van der Waals surface area contributed by atoms with Gasteiger partial charge in [-0.25, -0.2) is 9.59 Å². The van der Waals surface area contributed by atoms with Crippen molar-refractivity contribution in [1.82, 2.24) is 46.6 Å². The Morgan fingerprint density at radius 3 is 1.66 bits per heavy atom. The van der Waals surface area contributed by atoms with Gasteiger partial charge in [0.1, 0.15) is 30.8 Å². The molecule has 1 heterocycles. The van der Waals surface area contributed by atoms with Gasteiger partial charge in [-0.2, -0.15) is 0 Å². The first-order chi connectivity index (χ1) is 56.0. The number of nitrogens with one attached hydrogen (secondary N) is 7. The average molecular weight is 1650 g/mol. The van der Waals surface area contributed by atoms with E-state index in [1.807, 2.05) is 32.0 Å². The van der Waals surface area contributed by atoms with Crippen molar-refractivity contribution in [3.63, 3.8) is 0 Å². The number of hydrogen-bond acceptors (Lipinski definition) is 19. The van der Waals surface area contributed by atoms with Crippen molar-refractivity contribution in [1.29, 1.82) is 0 Å². The fraction of sp³-hybridized carbons (Fsp3) is 0.747. The van der Waals surface area contributed by atoms with Crippen molar-refractivity contribution in [3.8, 4) is 0 Å². The van der Waals surface area contributed by atoms with Gasteiger partial charge in [-0.3, -0.25) is 43.3 Å². The van der Waals surface area contributed by atoms with E-state index in [9.17, 15) is 53.1 Å². The summed E-state index contributed by atoms with van der Waals surface area (Å²) in [6.07, 6.45) is 16.4. The van der Waals surface area contributed by atoms with E-state index in [2.05, 4.69) is 37.2 Å². The monoisotopic (exact) mass is 1650 g/mol. The highest BCUT2D eigenvalue weighted by Crippen LogP contribution is 2.32. The molecule has 30 nitrogen and oxygen atoms in total. The zero-order valence-corrected chi connectivity index (χ0v) is 72.9. The number of benzene rings is 2. The lowest BCUT2D eigenvalue weighted by atomic mass is 9.89.